The number of hydrogen-bond donors (Lipinski definition) is 2. The summed E-state index contributed by atoms with van der Waals surface area (Å²) in [5.74, 6) is -0.826. The van der Waals surface area contributed by atoms with Crippen molar-refractivity contribution in [3.05, 3.63) is 42.1 Å². The Kier molecular flexibility index (Phi) is 4.12. The molecule has 1 unspecified atom stereocenters. The van der Waals surface area contributed by atoms with Crippen LogP contribution in [0.2, 0.25) is 0 Å². The second-order valence-corrected chi connectivity index (χ2v) is 4.90. The Bertz CT molecular complexity index is 581. The number of benzene rings is 1. The van der Waals surface area contributed by atoms with E-state index in [1.54, 1.807) is 0 Å². The van der Waals surface area contributed by atoms with Crippen LogP contribution in [0.1, 0.15) is 32.0 Å². The molecule has 2 aromatic rings. The number of nitrogens with one attached hydrogen (secondary N) is 1. The summed E-state index contributed by atoms with van der Waals surface area (Å²) in [6.45, 7) is 3.99. The normalized spacial score (nSPS) is 12.8. The van der Waals surface area contributed by atoms with E-state index in [1.807, 2.05) is 50.2 Å². The molecule has 4 nitrogen and oxygen atoms in total. The van der Waals surface area contributed by atoms with Gasteiger partial charge < -0.3 is 10.4 Å². The summed E-state index contributed by atoms with van der Waals surface area (Å²) >= 11 is 0. The number of nitrogens with zero attached hydrogens (tertiary/aromatic N) is 1. The number of para-hydroxylation sites is 1. The number of rotatable bonds is 5. The summed E-state index contributed by atoms with van der Waals surface area (Å²) in [6.07, 6.45) is 0.0313. The second kappa shape index (κ2) is 5.80. The number of aliphatic carboxylic acids is 1. The summed E-state index contributed by atoms with van der Waals surface area (Å²) in [5.41, 5.74) is 1.66. The number of carbonyl (C=O) groups is 1. The maximum absolute atomic E-state index is 11.0. The van der Waals surface area contributed by atoms with Crippen LogP contribution in [0, 0.1) is 0 Å². The Balaban J connectivity index is 2.34. The van der Waals surface area contributed by atoms with Crippen LogP contribution in [0.25, 0.3) is 10.9 Å². The Hall–Kier alpha value is -1.94. The lowest BCUT2D eigenvalue weighted by Crippen LogP contribution is -2.30. The first-order chi connectivity index (χ1) is 9.06. The van der Waals surface area contributed by atoms with Gasteiger partial charge in [0.2, 0.25) is 0 Å². The molecule has 0 spiro atoms. The summed E-state index contributed by atoms with van der Waals surface area (Å²) in [5, 5.41) is 13.3. The van der Waals surface area contributed by atoms with Gasteiger partial charge >= 0.3 is 5.97 Å². The summed E-state index contributed by atoms with van der Waals surface area (Å²) in [4.78, 5) is 15.5. The molecule has 2 N–H and O–H groups in total. The molecule has 19 heavy (non-hydrogen) atoms. The molecule has 2 rings (SSSR count). The predicted octanol–water partition coefficient (Wildman–Crippen LogP) is 2.75. The maximum Gasteiger partial charge on any atom is 0.305 e. The number of aromatic nitrogens is 1. The number of carboxylic acid groups (broad SMARTS) is 1. The van der Waals surface area contributed by atoms with Crippen LogP contribution < -0.4 is 5.32 Å². The first-order valence-corrected chi connectivity index (χ1v) is 6.40. The lowest BCUT2D eigenvalue weighted by Gasteiger charge is -2.19. The fourth-order valence-electron chi connectivity index (χ4n) is 2.10. The van der Waals surface area contributed by atoms with Crippen molar-refractivity contribution in [1.82, 2.24) is 10.3 Å². The van der Waals surface area contributed by atoms with Gasteiger partial charge in [0.1, 0.15) is 0 Å². The Labute approximate surface area is 112 Å². The van der Waals surface area contributed by atoms with Crippen molar-refractivity contribution in [2.45, 2.75) is 32.4 Å². The third-order valence-electron chi connectivity index (χ3n) is 2.89. The molecule has 0 bridgehead atoms. The lowest BCUT2D eigenvalue weighted by molar-refractivity contribution is -0.137. The van der Waals surface area contributed by atoms with E-state index in [9.17, 15) is 4.79 Å². The highest BCUT2D eigenvalue weighted by atomic mass is 16.4. The van der Waals surface area contributed by atoms with E-state index in [0.717, 1.165) is 16.6 Å². The zero-order valence-electron chi connectivity index (χ0n) is 11.1. The van der Waals surface area contributed by atoms with Crippen LogP contribution in [0.15, 0.2) is 36.4 Å². The third kappa shape index (κ3) is 3.51. The molecule has 1 atom stereocenters. The average molecular weight is 258 g/mol. The van der Waals surface area contributed by atoms with Gasteiger partial charge in [0, 0.05) is 11.4 Å². The van der Waals surface area contributed by atoms with Gasteiger partial charge in [-0.15, -0.1) is 0 Å². The molecule has 0 aliphatic rings. The zero-order valence-corrected chi connectivity index (χ0v) is 11.1. The number of hydrogen-bond acceptors (Lipinski definition) is 3. The van der Waals surface area contributed by atoms with Crippen molar-refractivity contribution in [2.24, 2.45) is 0 Å². The summed E-state index contributed by atoms with van der Waals surface area (Å²) in [6, 6.07) is 11.6. The molecule has 1 aromatic carbocycles. The van der Waals surface area contributed by atoms with Crippen LogP contribution in [0.5, 0.6) is 0 Å². The van der Waals surface area contributed by atoms with Gasteiger partial charge in [-0.25, -0.2) is 0 Å². The Morgan fingerprint density at radius 2 is 2.00 bits per heavy atom. The van der Waals surface area contributed by atoms with Crippen LogP contribution >= 0.6 is 0 Å². The minimum atomic E-state index is -0.826. The molecule has 1 aromatic heterocycles. The van der Waals surface area contributed by atoms with Gasteiger partial charge in [0.05, 0.1) is 23.7 Å². The van der Waals surface area contributed by atoms with Gasteiger partial charge in [0.15, 0.2) is 0 Å². The molecule has 4 heteroatoms. The topological polar surface area (TPSA) is 62.2 Å². The predicted molar refractivity (Wildman–Crippen MR) is 75.0 cm³/mol. The van der Waals surface area contributed by atoms with E-state index in [0.29, 0.717) is 0 Å². The monoisotopic (exact) mass is 258 g/mol. The molecule has 0 radical (unpaired) electrons. The molecular weight excluding hydrogens is 240 g/mol. The highest BCUT2D eigenvalue weighted by Crippen LogP contribution is 2.19. The van der Waals surface area contributed by atoms with Gasteiger partial charge in [0.25, 0.3) is 0 Å². The van der Waals surface area contributed by atoms with Gasteiger partial charge in [-0.1, -0.05) is 38.1 Å². The summed E-state index contributed by atoms with van der Waals surface area (Å²) < 4.78 is 0. The average Bonchev–Trinajstić information content (AvgIpc) is 2.36. The summed E-state index contributed by atoms with van der Waals surface area (Å²) in [7, 11) is 0. The number of carboxylic acids is 1. The molecule has 0 saturated carbocycles. The highest BCUT2D eigenvalue weighted by molar-refractivity contribution is 5.78. The maximum atomic E-state index is 11.0. The van der Waals surface area contributed by atoms with Crippen LogP contribution in [-0.2, 0) is 4.79 Å². The van der Waals surface area contributed by atoms with Crippen molar-refractivity contribution in [1.29, 1.82) is 0 Å². The highest BCUT2D eigenvalue weighted by Gasteiger charge is 2.17. The lowest BCUT2D eigenvalue weighted by atomic mass is 10.1. The Morgan fingerprint density at radius 1 is 1.26 bits per heavy atom. The van der Waals surface area contributed by atoms with Crippen molar-refractivity contribution in [3.8, 4) is 0 Å². The van der Waals surface area contributed by atoms with E-state index < -0.39 is 5.97 Å². The van der Waals surface area contributed by atoms with Crippen molar-refractivity contribution in [2.75, 3.05) is 0 Å². The van der Waals surface area contributed by atoms with Crippen LogP contribution in [0.4, 0.5) is 0 Å². The Morgan fingerprint density at radius 3 is 2.68 bits per heavy atom. The number of pyridine rings is 1. The number of fused-ring (bicyclic) bond motifs is 1. The molecule has 1 heterocycles. The van der Waals surface area contributed by atoms with E-state index in [4.69, 9.17) is 5.11 Å². The minimum absolute atomic E-state index is 0.0313. The van der Waals surface area contributed by atoms with E-state index in [1.165, 1.54) is 0 Å². The first kappa shape index (κ1) is 13.5. The molecule has 100 valence electrons. The molecule has 0 saturated heterocycles. The third-order valence-corrected chi connectivity index (χ3v) is 2.89. The SMILES string of the molecule is CC(C)NC(CC(=O)O)c1ccc2ccccc2n1. The van der Waals surface area contributed by atoms with E-state index in [2.05, 4.69) is 10.3 Å². The molecule has 0 amide bonds. The van der Waals surface area contributed by atoms with Crippen molar-refractivity contribution >= 4 is 16.9 Å². The minimum Gasteiger partial charge on any atom is -0.481 e. The van der Waals surface area contributed by atoms with Gasteiger partial charge in [-0.3, -0.25) is 9.78 Å². The smallest absolute Gasteiger partial charge is 0.305 e. The second-order valence-electron chi connectivity index (χ2n) is 4.90. The molecule has 0 fully saturated rings. The zero-order chi connectivity index (χ0) is 13.8. The van der Waals surface area contributed by atoms with E-state index >= 15 is 0 Å². The largest absolute Gasteiger partial charge is 0.481 e. The standard InChI is InChI=1S/C15H18N2O2/c1-10(2)16-14(9-15(18)19)13-8-7-11-5-3-4-6-12(11)17-13/h3-8,10,14,16H,9H2,1-2H3,(H,18,19). The molecule has 0 aliphatic carbocycles. The van der Waals surface area contributed by atoms with Crippen LogP contribution in [0.3, 0.4) is 0 Å². The van der Waals surface area contributed by atoms with Crippen LogP contribution in [-0.4, -0.2) is 22.1 Å². The fraction of sp³-hybridized carbons (Fsp3) is 0.333. The molecular formula is C15H18N2O2. The fourth-order valence-corrected chi connectivity index (χ4v) is 2.10. The van der Waals surface area contributed by atoms with E-state index in [-0.39, 0.29) is 18.5 Å². The van der Waals surface area contributed by atoms with Crippen molar-refractivity contribution < 1.29 is 9.90 Å². The first-order valence-electron chi connectivity index (χ1n) is 6.40. The quantitative estimate of drug-likeness (QED) is 0.865. The van der Waals surface area contributed by atoms with Gasteiger partial charge in [-0.2, -0.15) is 0 Å². The molecule has 0 aliphatic heterocycles. The van der Waals surface area contributed by atoms with Gasteiger partial charge in [-0.05, 0) is 12.1 Å². The van der Waals surface area contributed by atoms with Crippen molar-refractivity contribution in [3.63, 3.8) is 0 Å².